The molecular weight excluding hydrogens is 178 g/mol. The van der Waals surface area contributed by atoms with E-state index < -0.39 is 15.1 Å². The minimum absolute atomic E-state index is 0.0467. The number of carbonyl (C=O) groups is 1. The minimum atomic E-state index is -3.18. The van der Waals surface area contributed by atoms with Gasteiger partial charge in [0, 0.05) is 12.3 Å². The number of hydrogen-bond donors (Lipinski definition) is 1. The molecule has 0 spiro atoms. The van der Waals surface area contributed by atoms with Gasteiger partial charge in [0.05, 0.1) is 0 Å². The van der Waals surface area contributed by atoms with Crippen LogP contribution in [-0.2, 0) is 14.6 Å². The largest absolute Gasteiger partial charge is 0.355 e. The Hall–Kier alpha value is -0.580. The normalized spacial score (nSPS) is 25.1. The van der Waals surface area contributed by atoms with Gasteiger partial charge < -0.3 is 5.32 Å². The van der Waals surface area contributed by atoms with Crippen LogP contribution in [0.5, 0.6) is 0 Å². The molecule has 0 aromatic carbocycles. The van der Waals surface area contributed by atoms with Gasteiger partial charge >= 0.3 is 0 Å². The summed E-state index contributed by atoms with van der Waals surface area (Å²) in [7, 11) is -3.18. The van der Waals surface area contributed by atoms with E-state index in [0.717, 1.165) is 6.42 Å². The summed E-state index contributed by atoms with van der Waals surface area (Å²) in [6.45, 7) is 2.17. The Morgan fingerprint density at radius 3 is 2.75 bits per heavy atom. The molecule has 1 atom stereocenters. The molecule has 5 heteroatoms. The Bertz CT molecular complexity index is 270. The number of sulfone groups is 1. The van der Waals surface area contributed by atoms with Crippen molar-refractivity contribution in [3.63, 3.8) is 0 Å². The molecule has 12 heavy (non-hydrogen) atoms. The summed E-state index contributed by atoms with van der Waals surface area (Å²) in [5, 5.41) is 1.76. The zero-order valence-electron chi connectivity index (χ0n) is 7.04. The number of piperidine rings is 1. The van der Waals surface area contributed by atoms with Gasteiger partial charge in [-0.3, -0.25) is 4.79 Å². The SMILES string of the molecule is CCS(=O)(=O)C1CCCNC1=O. The van der Waals surface area contributed by atoms with Gasteiger partial charge in [-0.2, -0.15) is 0 Å². The van der Waals surface area contributed by atoms with Crippen molar-refractivity contribution in [1.82, 2.24) is 5.32 Å². The van der Waals surface area contributed by atoms with Gasteiger partial charge in [0.25, 0.3) is 0 Å². The summed E-state index contributed by atoms with van der Waals surface area (Å²) >= 11 is 0. The first-order chi connectivity index (χ1) is 5.58. The molecule has 0 aliphatic carbocycles. The van der Waals surface area contributed by atoms with Crippen LogP contribution in [0.25, 0.3) is 0 Å². The summed E-state index contributed by atoms with van der Waals surface area (Å²) in [5.74, 6) is -0.284. The highest BCUT2D eigenvalue weighted by Crippen LogP contribution is 2.13. The molecular formula is C7H13NO3S. The number of amides is 1. The number of hydrogen-bond acceptors (Lipinski definition) is 3. The maximum absolute atomic E-state index is 11.3. The van der Waals surface area contributed by atoms with Crippen molar-refractivity contribution >= 4 is 15.7 Å². The van der Waals surface area contributed by atoms with Crippen LogP contribution in [0.4, 0.5) is 0 Å². The Morgan fingerprint density at radius 1 is 1.58 bits per heavy atom. The van der Waals surface area contributed by atoms with Crippen molar-refractivity contribution in [3.8, 4) is 0 Å². The Labute approximate surface area is 72.3 Å². The van der Waals surface area contributed by atoms with Crippen molar-refractivity contribution in [2.45, 2.75) is 25.0 Å². The Kier molecular flexibility index (Phi) is 2.72. The van der Waals surface area contributed by atoms with Crippen LogP contribution < -0.4 is 5.32 Å². The number of nitrogens with one attached hydrogen (secondary N) is 1. The van der Waals surface area contributed by atoms with Gasteiger partial charge in [-0.25, -0.2) is 8.42 Å². The molecule has 1 N–H and O–H groups in total. The number of rotatable bonds is 2. The standard InChI is InChI=1S/C7H13NO3S/c1-2-12(10,11)6-4-3-5-8-7(6)9/h6H,2-5H2,1H3,(H,8,9). The summed E-state index contributed by atoms with van der Waals surface area (Å²) < 4.78 is 22.6. The third kappa shape index (κ3) is 1.77. The van der Waals surface area contributed by atoms with Crippen molar-refractivity contribution in [2.75, 3.05) is 12.3 Å². The molecule has 1 aliphatic heterocycles. The smallest absolute Gasteiger partial charge is 0.238 e. The summed E-state index contributed by atoms with van der Waals surface area (Å²) in [6, 6.07) is 0. The van der Waals surface area contributed by atoms with E-state index in [9.17, 15) is 13.2 Å². The van der Waals surface area contributed by atoms with E-state index in [1.807, 2.05) is 0 Å². The minimum Gasteiger partial charge on any atom is -0.355 e. The third-order valence-electron chi connectivity index (χ3n) is 2.07. The number of carbonyl (C=O) groups excluding carboxylic acids is 1. The third-order valence-corrected chi connectivity index (χ3v) is 4.19. The highest BCUT2D eigenvalue weighted by molar-refractivity contribution is 7.92. The fourth-order valence-corrected chi connectivity index (χ4v) is 2.63. The van der Waals surface area contributed by atoms with Gasteiger partial charge in [0.1, 0.15) is 5.25 Å². The molecule has 1 rings (SSSR count). The van der Waals surface area contributed by atoms with E-state index >= 15 is 0 Å². The molecule has 0 aromatic rings. The van der Waals surface area contributed by atoms with Gasteiger partial charge in [0.2, 0.25) is 5.91 Å². The Balaban J connectivity index is 2.80. The highest BCUT2D eigenvalue weighted by Gasteiger charge is 2.32. The Morgan fingerprint density at radius 2 is 2.25 bits per heavy atom. The highest BCUT2D eigenvalue weighted by atomic mass is 32.2. The zero-order chi connectivity index (χ0) is 9.19. The van der Waals surface area contributed by atoms with Crippen LogP contribution in [0, 0.1) is 0 Å². The van der Waals surface area contributed by atoms with E-state index in [0.29, 0.717) is 13.0 Å². The fraction of sp³-hybridized carbons (Fsp3) is 0.857. The van der Waals surface area contributed by atoms with Crippen molar-refractivity contribution in [2.24, 2.45) is 0 Å². The molecule has 1 heterocycles. The first kappa shape index (κ1) is 9.51. The van der Waals surface area contributed by atoms with E-state index in [4.69, 9.17) is 0 Å². The quantitative estimate of drug-likeness (QED) is 0.651. The first-order valence-corrected chi connectivity index (χ1v) is 5.78. The zero-order valence-corrected chi connectivity index (χ0v) is 7.86. The molecule has 1 amide bonds. The lowest BCUT2D eigenvalue weighted by Gasteiger charge is -2.20. The molecule has 0 bridgehead atoms. The van der Waals surface area contributed by atoms with Crippen LogP contribution in [0.2, 0.25) is 0 Å². The van der Waals surface area contributed by atoms with E-state index in [2.05, 4.69) is 5.32 Å². The van der Waals surface area contributed by atoms with E-state index in [-0.39, 0.29) is 11.7 Å². The summed E-state index contributed by atoms with van der Waals surface area (Å²) in [6.07, 6.45) is 1.23. The van der Waals surface area contributed by atoms with Crippen LogP contribution in [0.3, 0.4) is 0 Å². The summed E-state index contributed by atoms with van der Waals surface area (Å²) in [4.78, 5) is 11.1. The maximum atomic E-state index is 11.3. The van der Waals surface area contributed by atoms with Crippen molar-refractivity contribution in [1.29, 1.82) is 0 Å². The summed E-state index contributed by atoms with van der Waals surface area (Å²) in [5.41, 5.74) is 0. The van der Waals surface area contributed by atoms with E-state index in [1.165, 1.54) is 0 Å². The van der Waals surface area contributed by atoms with Crippen molar-refractivity contribution in [3.05, 3.63) is 0 Å². The average molecular weight is 191 g/mol. The second-order valence-corrected chi connectivity index (χ2v) is 5.35. The fourth-order valence-electron chi connectivity index (χ4n) is 1.29. The molecule has 1 aliphatic rings. The average Bonchev–Trinajstić information content (AvgIpc) is 2.05. The van der Waals surface area contributed by atoms with Gasteiger partial charge in [-0.1, -0.05) is 6.92 Å². The van der Waals surface area contributed by atoms with Gasteiger partial charge in [0.15, 0.2) is 9.84 Å². The second-order valence-electron chi connectivity index (χ2n) is 2.87. The molecule has 70 valence electrons. The lowest BCUT2D eigenvalue weighted by Crippen LogP contribution is -2.45. The predicted molar refractivity (Wildman–Crippen MR) is 45.5 cm³/mol. The predicted octanol–water partition coefficient (Wildman–Crippen LogP) is -0.300. The maximum Gasteiger partial charge on any atom is 0.238 e. The first-order valence-electron chi connectivity index (χ1n) is 4.07. The van der Waals surface area contributed by atoms with Crippen LogP contribution in [0.1, 0.15) is 19.8 Å². The lowest BCUT2D eigenvalue weighted by atomic mass is 10.1. The van der Waals surface area contributed by atoms with Crippen LogP contribution in [-0.4, -0.2) is 31.9 Å². The molecule has 1 fully saturated rings. The molecule has 1 saturated heterocycles. The molecule has 1 unspecified atom stereocenters. The lowest BCUT2D eigenvalue weighted by molar-refractivity contribution is -0.121. The molecule has 0 aromatic heterocycles. The van der Waals surface area contributed by atoms with Crippen molar-refractivity contribution < 1.29 is 13.2 Å². The molecule has 4 nitrogen and oxygen atoms in total. The monoisotopic (exact) mass is 191 g/mol. The second kappa shape index (κ2) is 3.43. The van der Waals surface area contributed by atoms with Gasteiger partial charge in [-0.05, 0) is 12.8 Å². The molecule has 0 radical (unpaired) electrons. The van der Waals surface area contributed by atoms with E-state index in [1.54, 1.807) is 6.92 Å². The van der Waals surface area contributed by atoms with Crippen LogP contribution >= 0.6 is 0 Å². The molecule has 0 saturated carbocycles. The van der Waals surface area contributed by atoms with Crippen LogP contribution in [0.15, 0.2) is 0 Å². The topological polar surface area (TPSA) is 63.2 Å². The van der Waals surface area contributed by atoms with Gasteiger partial charge in [-0.15, -0.1) is 0 Å².